The SMILES string of the molecule is C1C[C@H]2CON[C@H]2C1. The molecule has 1 saturated carbocycles. The second-order valence-corrected chi connectivity index (χ2v) is 2.73. The first-order valence-electron chi connectivity index (χ1n) is 3.34. The molecule has 46 valence electrons. The van der Waals surface area contributed by atoms with Gasteiger partial charge in [-0.05, 0) is 12.8 Å². The minimum absolute atomic E-state index is 0.704. The van der Waals surface area contributed by atoms with Crippen LogP contribution in [0.2, 0.25) is 0 Å². The van der Waals surface area contributed by atoms with E-state index in [2.05, 4.69) is 5.48 Å². The van der Waals surface area contributed by atoms with E-state index >= 15 is 0 Å². The van der Waals surface area contributed by atoms with Crippen LogP contribution in [0.1, 0.15) is 19.3 Å². The van der Waals surface area contributed by atoms with Crippen LogP contribution in [0.4, 0.5) is 0 Å². The van der Waals surface area contributed by atoms with Gasteiger partial charge in [0, 0.05) is 12.0 Å². The average molecular weight is 113 g/mol. The van der Waals surface area contributed by atoms with Gasteiger partial charge >= 0.3 is 0 Å². The van der Waals surface area contributed by atoms with Crippen molar-refractivity contribution in [2.45, 2.75) is 25.3 Å². The molecule has 2 atom stereocenters. The van der Waals surface area contributed by atoms with Gasteiger partial charge in [0.1, 0.15) is 0 Å². The first-order valence-corrected chi connectivity index (χ1v) is 3.34. The van der Waals surface area contributed by atoms with Gasteiger partial charge in [-0.1, -0.05) is 6.42 Å². The number of rotatable bonds is 0. The Morgan fingerprint density at radius 1 is 1.38 bits per heavy atom. The third-order valence-corrected chi connectivity index (χ3v) is 2.19. The van der Waals surface area contributed by atoms with E-state index < -0.39 is 0 Å². The maximum absolute atomic E-state index is 5.06. The molecule has 2 fully saturated rings. The second kappa shape index (κ2) is 1.71. The summed E-state index contributed by atoms with van der Waals surface area (Å²) in [5.74, 6) is 0.843. The lowest BCUT2D eigenvalue weighted by molar-refractivity contribution is 0.0813. The van der Waals surface area contributed by atoms with Gasteiger partial charge in [-0.2, -0.15) is 5.48 Å². The van der Waals surface area contributed by atoms with Crippen molar-refractivity contribution in [1.29, 1.82) is 0 Å². The normalized spacial score (nSPS) is 45.0. The molecule has 0 aromatic heterocycles. The molecule has 0 radical (unpaired) electrons. The molecule has 8 heavy (non-hydrogen) atoms. The molecular weight excluding hydrogens is 102 g/mol. The van der Waals surface area contributed by atoms with E-state index in [0.29, 0.717) is 6.04 Å². The monoisotopic (exact) mass is 113 g/mol. The highest BCUT2D eigenvalue weighted by Crippen LogP contribution is 2.28. The first-order chi connectivity index (χ1) is 3.97. The summed E-state index contributed by atoms with van der Waals surface area (Å²) in [7, 11) is 0. The zero-order chi connectivity index (χ0) is 5.40. The molecule has 1 saturated heterocycles. The van der Waals surface area contributed by atoms with Gasteiger partial charge < -0.3 is 4.84 Å². The Balaban J connectivity index is 2.04. The lowest BCUT2D eigenvalue weighted by atomic mass is 10.1. The number of hydrogen-bond acceptors (Lipinski definition) is 2. The molecule has 1 heterocycles. The standard InChI is InChI=1S/C6H11NO/c1-2-5-4-8-7-6(5)3-1/h5-7H,1-4H2/t5-,6-/m0/s1. The summed E-state index contributed by atoms with van der Waals surface area (Å²) >= 11 is 0. The Labute approximate surface area is 49.2 Å². The molecule has 2 nitrogen and oxygen atoms in total. The quantitative estimate of drug-likeness (QED) is 0.499. The number of nitrogens with one attached hydrogen (secondary N) is 1. The van der Waals surface area contributed by atoms with Crippen molar-refractivity contribution in [2.24, 2.45) is 5.92 Å². The van der Waals surface area contributed by atoms with Crippen LogP contribution >= 0.6 is 0 Å². The van der Waals surface area contributed by atoms with E-state index in [1.54, 1.807) is 0 Å². The molecule has 0 aromatic rings. The maximum atomic E-state index is 5.06. The number of hydroxylamine groups is 1. The van der Waals surface area contributed by atoms with Crippen LogP contribution in [-0.4, -0.2) is 12.6 Å². The molecule has 0 unspecified atom stereocenters. The fraction of sp³-hybridized carbons (Fsp3) is 1.00. The highest BCUT2D eigenvalue weighted by Gasteiger charge is 2.31. The fourth-order valence-electron chi connectivity index (χ4n) is 1.65. The van der Waals surface area contributed by atoms with Gasteiger partial charge in [0.25, 0.3) is 0 Å². The molecule has 1 N–H and O–H groups in total. The maximum Gasteiger partial charge on any atom is 0.0726 e. The summed E-state index contributed by atoms with van der Waals surface area (Å²) in [6, 6.07) is 0.704. The van der Waals surface area contributed by atoms with Gasteiger partial charge in [0.15, 0.2) is 0 Å². The van der Waals surface area contributed by atoms with Crippen molar-refractivity contribution in [3.8, 4) is 0 Å². The fourth-order valence-corrected chi connectivity index (χ4v) is 1.65. The Morgan fingerprint density at radius 2 is 2.38 bits per heavy atom. The Hall–Kier alpha value is -0.0800. The zero-order valence-electron chi connectivity index (χ0n) is 4.89. The summed E-state index contributed by atoms with van der Waals surface area (Å²) in [6.45, 7) is 0.949. The third kappa shape index (κ3) is 0.565. The van der Waals surface area contributed by atoms with Crippen molar-refractivity contribution in [3.05, 3.63) is 0 Å². The molecular formula is C6H11NO. The summed E-state index contributed by atoms with van der Waals surface area (Å²) in [6.07, 6.45) is 4.09. The number of hydrogen-bond donors (Lipinski definition) is 1. The molecule has 1 aliphatic heterocycles. The van der Waals surface area contributed by atoms with Gasteiger partial charge in [-0.3, -0.25) is 0 Å². The summed E-state index contributed by atoms with van der Waals surface area (Å²) in [5.41, 5.74) is 3.02. The van der Waals surface area contributed by atoms with Gasteiger partial charge in [-0.25, -0.2) is 0 Å². The first kappa shape index (κ1) is 4.77. The van der Waals surface area contributed by atoms with Gasteiger partial charge in [-0.15, -0.1) is 0 Å². The molecule has 0 spiro atoms. The van der Waals surface area contributed by atoms with Crippen molar-refractivity contribution in [3.63, 3.8) is 0 Å². The van der Waals surface area contributed by atoms with Crippen LogP contribution in [0, 0.1) is 5.92 Å². The zero-order valence-corrected chi connectivity index (χ0v) is 4.89. The minimum atomic E-state index is 0.704. The lowest BCUT2D eigenvalue weighted by Gasteiger charge is -2.01. The van der Waals surface area contributed by atoms with E-state index in [1.165, 1.54) is 19.3 Å². The van der Waals surface area contributed by atoms with E-state index in [0.717, 1.165) is 12.5 Å². The largest absolute Gasteiger partial charge is 0.301 e. The van der Waals surface area contributed by atoms with Crippen molar-refractivity contribution >= 4 is 0 Å². The smallest absolute Gasteiger partial charge is 0.0726 e. The van der Waals surface area contributed by atoms with E-state index in [1.807, 2.05) is 0 Å². The average Bonchev–Trinajstić information content (AvgIpc) is 2.15. The lowest BCUT2D eigenvalue weighted by Crippen LogP contribution is -2.20. The Bertz CT molecular complexity index is 74.5. The van der Waals surface area contributed by atoms with Crippen LogP contribution in [0.5, 0.6) is 0 Å². The second-order valence-electron chi connectivity index (χ2n) is 2.73. The molecule has 0 aromatic carbocycles. The molecule has 2 rings (SSSR count). The van der Waals surface area contributed by atoms with E-state index in [-0.39, 0.29) is 0 Å². The Morgan fingerprint density at radius 3 is 3.25 bits per heavy atom. The third-order valence-electron chi connectivity index (χ3n) is 2.19. The van der Waals surface area contributed by atoms with Crippen molar-refractivity contribution in [2.75, 3.05) is 6.61 Å². The van der Waals surface area contributed by atoms with Crippen LogP contribution in [0.15, 0.2) is 0 Å². The highest BCUT2D eigenvalue weighted by molar-refractivity contribution is 4.83. The predicted octanol–water partition coefficient (Wildman–Crippen LogP) is 0.690. The number of fused-ring (bicyclic) bond motifs is 1. The minimum Gasteiger partial charge on any atom is -0.301 e. The molecule has 2 heteroatoms. The van der Waals surface area contributed by atoms with Gasteiger partial charge in [0.2, 0.25) is 0 Å². The van der Waals surface area contributed by atoms with Crippen molar-refractivity contribution in [1.82, 2.24) is 5.48 Å². The van der Waals surface area contributed by atoms with E-state index in [9.17, 15) is 0 Å². The topological polar surface area (TPSA) is 21.3 Å². The van der Waals surface area contributed by atoms with Crippen LogP contribution in [0.25, 0.3) is 0 Å². The van der Waals surface area contributed by atoms with Crippen LogP contribution in [-0.2, 0) is 4.84 Å². The van der Waals surface area contributed by atoms with Crippen molar-refractivity contribution < 1.29 is 4.84 Å². The molecule has 1 aliphatic carbocycles. The molecule has 0 amide bonds. The van der Waals surface area contributed by atoms with Crippen LogP contribution < -0.4 is 5.48 Å². The Kier molecular flexibility index (Phi) is 1.02. The van der Waals surface area contributed by atoms with Crippen LogP contribution in [0.3, 0.4) is 0 Å². The summed E-state index contributed by atoms with van der Waals surface area (Å²) < 4.78 is 0. The molecule has 0 bridgehead atoms. The van der Waals surface area contributed by atoms with Gasteiger partial charge in [0.05, 0.1) is 6.61 Å². The predicted molar refractivity (Wildman–Crippen MR) is 30.2 cm³/mol. The summed E-state index contributed by atoms with van der Waals surface area (Å²) in [4.78, 5) is 5.06. The van der Waals surface area contributed by atoms with E-state index in [4.69, 9.17) is 4.84 Å². The highest BCUT2D eigenvalue weighted by atomic mass is 16.7. The summed E-state index contributed by atoms with van der Waals surface area (Å²) in [5, 5.41) is 0. The molecule has 2 aliphatic rings.